The van der Waals surface area contributed by atoms with Crippen LogP contribution in [0.1, 0.15) is 55.0 Å². The average molecular weight is 248 g/mol. The fourth-order valence-electron chi connectivity index (χ4n) is 3.44. The summed E-state index contributed by atoms with van der Waals surface area (Å²) in [5.41, 5.74) is 0. The number of carbonyl (C=O) groups excluding carboxylic acids is 1. The highest BCUT2D eigenvalue weighted by atomic mass is 16.2. The Labute approximate surface area is 107 Å². The zero-order chi connectivity index (χ0) is 12.5. The standard InChI is InChI=1S/C13H20N4O/c1-9-14-12(16-15-9)13(18)17-8-4-7-11(17)10-5-2-3-6-10/h10-11H,2-8H2,1H3,(H,14,15,16). The third-order valence-corrected chi connectivity index (χ3v) is 4.29. The van der Waals surface area contributed by atoms with Crippen LogP contribution >= 0.6 is 0 Å². The first-order valence-corrected chi connectivity index (χ1v) is 6.95. The van der Waals surface area contributed by atoms with Crippen LogP contribution in [-0.2, 0) is 0 Å². The van der Waals surface area contributed by atoms with Gasteiger partial charge in [-0.2, -0.15) is 0 Å². The minimum Gasteiger partial charge on any atom is -0.333 e. The van der Waals surface area contributed by atoms with Crippen molar-refractivity contribution in [3.05, 3.63) is 11.6 Å². The lowest BCUT2D eigenvalue weighted by molar-refractivity contribution is 0.0677. The molecule has 5 heteroatoms. The molecule has 5 nitrogen and oxygen atoms in total. The van der Waals surface area contributed by atoms with Crippen molar-refractivity contribution < 1.29 is 4.79 Å². The van der Waals surface area contributed by atoms with E-state index in [-0.39, 0.29) is 5.91 Å². The van der Waals surface area contributed by atoms with Crippen molar-refractivity contribution in [3.8, 4) is 0 Å². The molecule has 2 heterocycles. The number of nitrogens with zero attached hydrogens (tertiary/aromatic N) is 3. The molecule has 0 bridgehead atoms. The molecule has 3 rings (SSSR count). The topological polar surface area (TPSA) is 61.9 Å². The number of aryl methyl sites for hydroxylation is 1. The lowest BCUT2D eigenvalue weighted by atomic mass is 9.96. The number of carbonyl (C=O) groups is 1. The van der Waals surface area contributed by atoms with Crippen LogP contribution in [0.5, 0.6) is 0 Å². The van der Waals surface area contributed by atoms with Gasteiger partial charge in [-0.05, 0) is 38.5 Å². The van der Waals surface area contributed by atoms with Crippen LogP contribution in [0.3, 0.4) is 0 Å². The minimum absolute atomic E-state index is 0.00810. The number of amides is 1. The van der Waals surface area contributed by atoms with Gasteiger partial charge in [-0.1, -0.05) is 12.8 Å². The second-order valence-corrected chi connectivity index (χ2v) is 5.50. The highest BCUT2D eigenvalue weighted by Crippen LogP contribution is 2.35. The van der Waals surface area contributed by atoms with Crippen molar-refractivity contribution in [1.29, 1.82) is 0 Å². The molecule has 1 N–H and O–H groups in total. The SMILES string of the molecule is Cc1nc(C(=O)N2CCCC2C2CCCC2)n[nH]1. The Balaban J connectivity index is 1.75. The fraction of sp³-hybridized carbons (Fsp3) is 0.769. The summed E-state index contributed by atoms with van der Waals surface area (Å²) < 4.78 is 0. The number of aromatic nitrogens is 3. The van der Waals surface area contributed by atoms with Crippen molar-refractivity contribution >= 4 is 5.91 Å². The van der Waals surface area contributed by atoms with E-state index in [1.54, 1.807) is 0 Å². The first-order chi connectivity index (χ1) is 8.75. The first kappa shape index (κ1) is 11.7. The predicted octanol–water partition coefficient (Wildman–Crippen LogP) is 1.91. The van der Waals surface area contributed by atoms with Gasteiger partial charge < -0.3 is 4.90 Å². The van der Waals surface area contributed by atoms with E-state index in [1.165, 1.54) is 25.7 Å². The molecule has 0 aromatic carbocycles. The second kappa shape index (κ2) is 4.71. The van der Waals surface area contributed by atoms with E-state index in [2.05, 4.69) is 15.2 Å². The summed E-state index contributed by atoms with van der Waals surface area (Å²) in [6.45, 7) is 2.69. The highest BCUT2D eigenvalue weighted by molar-refractivity contribution is 5.90. The Kier molecular flexibility index (Phi) is 3.06. The summed E-state index contributed by atoms with van der Waals surface area (Å²) in [5.74, 6) is 1.75. The molecule has 18 heavy (non-hydrogen) atoms. The Morgan fingerprint density at radius 3 is 2.72 bits per heavy atom. The van der Waals surface area contributed by atoms with Gasteiger partial charge in [0.2, 0.25) is 5.82 Å². The second-order valence-electron chi connectivity index (χ2n) is 5.50. The van der Waals surface area contributed by atoms with E-state index in [9.17, 15) is 4.79 Å². The molecule has 2 aliphatic rings. The number of aromatic amines is 1. The highest BCUT2D eigenvalue weighted by Gasteiger charge is 2.37. The number of likely N-dealkylation sites (tertiary alicyclic amines) is 1. The molecule has 1 saturated heterocycles. The maximum atomic E-state index is 12.4. The quantitative estimate of drug-likeness (QED) is 0.869. The Hall–Kier alpha value is -1.39. The third kappa shape index (κ3) is 2.02. The van der Waals surface area contributed by atoms with Crippen LogP contribution in [0.15, 0.2) is 0 Å². The number of nitrogens with one attached hydrogen (secondary N) is 1. The summed E-state index contributed by atoms with van der Waals surface area (Å²) in [6, 6.07) is 0.429. The van der Waals surface area contributed by atoms with Crippen LogP contribution in [0.4, 0.5) is 0 Å². The van der Waals surface area contributed by atoms with Crippen LogP contribution in [-0.4, -0.2) is 38.6 Å². The van der Waals surface area contributed by atoms with E-state index in [0.717, 1.165) is 19.4 Å². The van der Waals surface area contributed by atoms with Crippen molar-refractivity contribution in [2.45, 2.75) is 51.5 Å². The monoisotopic (exact) mass is 248 g/mol. The first-order valence-electron chi connectivity index (χ1n) is 6.95. The van der Waals surface area contributed by atoms with Gasteiger partial charge in [-0.15, -0.1) is 5.10 Å². The molecule has 2 fully saturated rings. The average Bonchev–Trinajstić information content (AvgIpc) is 3.08. The molecule has 1 aliphatic carbocycles. The fourth-order valence-corrected chi connectivity index (χ4v) is 3.44. The molecular weight excluding hydrogens is 228 g/mol. The van der Waals surface area contributed by atoms with E-state index < -0.39 is 0 Å². The van der Waals surface area contributed by atoms with Crippen LogP contribution < -0.4 is 0 Å². The minimum atomic E-state index is 0.00810. The molecule has 98 valence electrons. The lowest BCUT2D eigenvalue weighted by Gasteiger charge is -2.28. The van der Waals surface area contributed by atoms with Gasteiger partial charge in [0.25, 0.3) is 5.91 Å². The van der Waals surface area contributed by atoms with Gasteiger partial charge in [0.05, 0.1) is 0 Å². The maximum Gasteiger partial charge on any atom is 0.293 e. The van der Waals surface area contributed by atoms with Gasteiger partial charge in [-0.25, -0.2) is 4.98 Å². The molecule has 1 aliphatic heterocycles. The van der Waals surface area contributed by atoms with Crippen molar-refractivity contribution in [1.82, 2.24) is 20.1 Å². The largest absolute Gasteiger partial charge is 0.333 e. The smallest absolute Gasteiger partial charge is 0.293 e. The van der Waals surface area contributed by atoms with Crippen molar-refractivity contribution in [2.75, 3.05) is 6.54 Å². The molecule has 1 atom stereocenters. The zero-order valence-electron chi connectivity index (χ0n) is 10.9. The Morgan fingerprint density at radius 1 is 1.28 bits per heavy atom. The molecule has 0 spiro atoms. The number of H-pyrrole nitrogens is 1. The van der Waals surface area contributed by atoms with Gasteiger partial charge in [0.1, 0.15) is 5.82 Å². The third-order valence-electron chi connectivity index (χ3n) is 4.29. The van der Waals surface area contributed by atoms with E-state index in [1.807, 2.05) is 11.8 Å². The normalized spacial score (nSPS) is 24.9. The van der Waals surface area contributed by atoms with Crippen molar-refractivity contribution in [3.63, 3.8) is 0 Å². The summed E-state index contributed by atoms with van der Waals surface area (Å²) in [5, 5.41) is 6.74. The molecule has 0 radical (unpaired) electrons. The molecule has 1 amide bonds. The van der Waals surface area contributed by atoms with Crippen LogP contribution in [0, 0.1) is 12.8 Å². The molecule has 1 aromatic rings. The van der Waals surface area contributed by atoms with E-state index in [0.29, 0.717) is 23.6 Å². The van der Waals surface area contributed by atoms with Crippen LogP contribution in [0.2, 0.25) is 0 Å². The number of hydrogen-bond donors (Lipinski definition) is 1. The molecule has 1 aromatic heterocycles. The summed E-state index contributed by atoms with van der Waals surface area (Å²) in [6.07, 6.45) is 7.48. The van der Waals surface area contributed by atoms with Crippen LogP contribution in [0.25, 0.3) is 0 Å². The lowest BCUT2D eigenvalue weighted by Crippen LogP contribution is -2.39. The number of rotatable bonds is 2. The van der Waals surface area contributed by atoms with Gasteiger partial charge in [0, 0.05) is 12.6 Å². The summed E-state index contributed by atoms with van der Waals surface area (Å²) in [4.78, 5) is 18.6. The summed E-state index contributed by atoms with van der Waals surface area (Å²) >= 11 is 0. The van der Waals surface area contributed by atoms with Gasteiger partial charge in [0.15, 0.2) is 0 Å². The Morgan fingerprint density at radius 2 is 2.06 bits per heavy atom. The molecule has 1 unspecified atom stereocenters. The van der Waals surface area contributed by atoms with E-state index in [4.69, 9.17) is 0 Å². The zero-order valence-corrected chi connectivity index (χ0v) is 10.9. The van der Waals surface area contributed by atoms with E-state index >= 15 is 0 Å². The summed E-state index contributed by atoms with van der Waals surface area (Å²) in [7, 11) is 0. The Bertz CT molecular complexity index is 436. The van der Waals surface area contributed by atoms with Gasteiger partial charge >= 0.3 is 0 Å². The predicted molar refractivity (Wildman–Crippen MR) is 67.1 cm³/mol. The number of hydrogen-bond acceptors (Lipinski definition) is 3. The molecular formula is C13H20N4O. The molecule has 1 saturated carbocycles. The van der Waals surface area contributed by atoms with Crippen molar-refractivity contribution in [2.24, 2.45) is 5.92 Å². The van der Waals surface area contributed by atoms with Gasteiger partial charge in [-0.3, -0.25) is 9.89 Å². The maximum absolute atomic E-state index is 12.4.